The summed E-state index contributed by atoms with van der Waals surface area (Å²) in [5.74, 6) is 1.22. The molecule has 1 aromatic carbocycles. The van der Waals surface area contributed by atoms with Gasteiger partial charge in [-0.2, -0.15) is 4.98 Å². The molecule has 9 nitrogen and oxygen atoms in total. The van der Waals surface area contributed by atoms with E-state index in [9.17, 15) is 4.79 Å². The molecule has 1 fully saturated rings. The molecule has 184 valence electrons. The predicted molar refractivity (Wildman–Crippen MR) is 144 cm³/mol. The number of thiophene rings is 1. The van der Waals surface area contributed by atoms with E-state index in [4.69, 9.17) is 16.3 Å². The van der Waals surface area contributed by atoms with Gasteiger partial charge < -0.3 is 30.1 Å². The van der Waals surface area contributed by atoms with E-state index in [0.29, 0.717) is 33.9 Å². The van der Waals surface area contributed by atoms with E-state index in [-0.39, 0.29) is 5.91 Å². The SMILES string of the molecule is C=CC(=O)Nc1cc(Nc2ncc(Cl)c(N(C)c3cccs3)n2)c(OC)cc1N1CCN(C)CC1. The molecule has 1 aliphatic heterocycles. The summed E-state index contributed by atoms with van der Waals surface area (Å²) in [4.78, 5) is 27.6. The highest BCUT2D eigenvalue weighted by atomic mass is 35.5. The molecule has 0 radical (unpaired) electrons. The van der Waals surface area contributed by atoms with Crippen molar-refractivity contribution in [2.24, 2.45) is 0 Å². The largest absolute Gasteiger partial charge is 0.494 e. The topological polar surface area (TPSA) is 85.9 Å². The summed E-state index contributed by atoms with van der Waals surface area (Å²) in [5, 5.41) is 9.58. The number of piperazine rings is 1. The quantitative estimate of drug-likeness (QED) is 0.423. The van der Waals surface area contributed by atoms with Crippen LogP contribution in [0.3, 0.4) is 0 Å². The zero-order valence-electron chi connectivity index (χ0n) is 19.9. The number of halogens is 1. The number of carbonyl (C=O) groups excluding carboxylic acids is 1. The lowest BCUT2D eigenvalue weighted by atomic mass is 10.1. The van der Waals surface area contributed by atoms with Gasteiger partial charge in [0, 0.05) is 39.3 Å². The fourth-order valence-corrected chi connectivity index (χ4v) is 4.68. The minimum atomic E-state index is -0.293. The summed E-state index contributed by atoms with van der Waals surface area (Å²) < 4.78 is 5.69. The van der Waals surface area contributed by atoms with Crippen molar-refractivity contribution in [3.63, 3.8) is 0 Å². The molecule has 1 aliphatic rings. The van der Waals surface area contributed by atoms with Crippen LogP contribution in [0.4, 0.5) is 33.8 Å². The Morgan fingerprint density at radius 2 is 2.06 bits per heavy atom. The van der Waals surface area contributed by atoms with Crippen molar-refractivity contribution in [3.05, 3.63) is 53.5 Å². The fraction of sp³-hybridized carbons (Fsp3) is 0.292. The summed E-state index contributed by atoms with van der Waals surface area (Å²) in [6.45, 7) is 7.10. The van der Waals surface area contributed by atoms with Crippen molar-refractivity contribution in [1.82, 2.24) is 14.9 Å². The number of carbonyl (C=O) groups is 1. The second kappa shape index (κ2) is 10.9. The Morgan fingerprint density at radius 1 is 1.29 bits per heavy atom. The molecule has 35 heavy (non-hydrogen) atoms. The van der Waals surface area contributed by atoms with Crippen molar-refractivity contribution in [2.75, 3.05) is 67.8 Å². The number of hydrogen-bond acceptors (Lipinski definition) is 9. The number of nitrogens with one attached hydrogen (secondary N) is 2. The van der Waals surface area contributed by atoms with E-state index in [1.54, 1.807) is 24.6 Å². The molecule has 3 heterocycles. The van der Waals surface area contributed by atoms with Crippen LogP contribution in [0.1, 0.15) is 0 Å². The molecule has 0 unspecified atom stereocenters. The number of aromatic nitrogens is 2. The van der Waals surface area contributed by atoms with Crippen molar-refractivity contribution in [2.45, 2.75) is 0 Å². The molecule has 11 heteroatoms. The van der Waals surface area contributed by atoms with E-state index in [2.05, 4.69) is 44.0 Å². The molecular formula is C24H28ClN7O2S. The van der Waals surface area contributed by atoms with Gasteiger partial charge in [0.15, 0.2) is 5.82 Å². The molecule has 4 rings (SSSR count). The molecule has 1 saturated heterocycles. The Balaban J connectivity index is 1.69. The lowest BCUT2D eigenvalue weighted by Crippen LogP contribution is -2.44. The number of likely N-dealkylation sites (N-methyl/N-ethyl adjacent to an activating group) is 1. The van der Waals surface area contributed by atoms with Crippen molar-refractivity contribution in [1.29, 1.82) is 0 Å². The van der Waals surface area contributed by atoms with Crippen LogP contribution in [0.5, 0.6) is 5.75 Å². The first-order chi connectivity index (χ1) is 16.9. The summed E-state index contributed by atoms with van der Waals surface area (Å²) in [6.07, 6.45) is 2.81. The van der Waals surface area contributed by atoms with Crippen molar-refractivity contribution in [3.8, 4) is 5.75 Å². The average Bonchev–Trinajstić information content (AvgIpc) is 3.40. The average molecular weight is 514 g/mol. The number of methoxy groups -OCH3 is 1. The van der Waals surface area contributed by atoms with E-state index in [0.717, 1.165) is 36.9 Å². The summed E-state index contributed by atoms with van der Waals surface area (Å²) in [5.41, 5.74) is 2.13. The van der Waals surface area contributed by atoms with Crippen LogP contribution in [0.25, 0.3) is 0 Å². The van der Waals surface area contributed by atoms with Crippen LogP contribution < -0.4 is 25.2 Å². The highest BCUT2D eigenvalue weighted by molar-refractivity contribution is 7.14. The maximum Gasteiger partial charge on any atom is 0.247 e. The molecule has 0 saturated carbocycles. The van der Waals surface area contributed by atoms with E-state index >= 15 is 0 Å². The van der Waals surface area contributed by atoms with Gasteiger partial charge in [0.25, 0.3) is 0 Å². The zero-order chi connectivity index (χ0) is 24.9. The lowest BCUT2D eigenvalue weighted by molar-refractivity contribution is -0.111. The first kappa shape index (κ1) is 24.8. The highest BCUT2D eigenvalue weighted by Gasteiger charge is 2.21. The van der Waals surface area contributed by atoms with Gasteiger partial charge in [-0.25, -0.2) is 4.98 Å². The van der Waals surface area contributed by atoms with Gasteiger partial charge in [0.05, 0.1) is 35.4 Å². The summed E-state index contributed by atoms with van der Waals surface area (Å²) >= 11 is 7.99. The zero-order valence-corrected chi connectivity index (χ0v) is 21.5. The number of anilines is 6. The standard InChI is InChI=1S/C24H28ClN7O2S/c1-5-21(33)27-17-13-18(20(34-4)14-19(17)32-10-8-30(2)9-11-32)28-24-26-15-16(25)23(29-24)31(3)22-7-6-12-35-22/h5-7,12-15H,1,8-11H2,2-4H3,(H,27,33)(H,26,28,29). The van der Waals surface area contributed by atoms with Crippen LogP contribution in [0, 0.1) is 0 Å². The van der Waals surface area contributed by atoms with Crippen LogP contribution >= 0.6 is 22.9 Å². The van der Waals surface area contributed by atoms with Crippen LogP contribution in [0.15, 0.2) is 48.5 Å². The molecule has 0 aliphatic carbocycles. The minimum absolute atomic E-state index is 0.293. The Morgan fingerprint density at radius 3 is 2.71 bits per heavy atom. The third-order valence-electron chi connectivity index (χ3n) is 5.73. The first-order valence-corrected chi connectivity index (χ1v) is 12.3. The van der Waals surface area contributed by atoms with Gasteiger partial charge in [0.1, 0.15) is 10.8 Å². The highest BCUT2D eigenvalue weighted by Crippen LogP contribution is 2.39. The number of amides is 1. The van der Waals surface area contributed by atoms with Crippen molar-refractivity contribution < 1.29 is 9.53 Å². The monoisotopic (exact) mass is 513 g/mol. The molecule has 1 amide bonds. The van der Waals surface area contributed by atoms with E-state index < -0.39 is 0 Å². The second-order valence-electron chi connectivity index (χ2n) is 8.05. The van der Waals surface area contributed by atoms with E-state index in [1.807, 2.05) is 41.6 Å². The van der Waals surface area contributed by atoms with Gasteiger partial charge in [0.2, 0.25) is 11.9 Å². The van der Waals surface area contributed by atoms with Gasteiger partial charge in [-0.1, -0.05) is 18.2 Å². The van der Waals surface area contributed by atoms with E-state index in [1.165, 1.54) is 6.08 Å². The molecule has 2 N–H and O–H groups in total. The third kappa shape index (κ3) is 5.67. The first-order valence-electron chi connectivity index (χ1n) is 11.1. The molecule has 2 aromatic heterocycles. The van der Waals surface area contributed by atoms with Crippen molar-refractivity contribution >= 4 is 62.7 Å². The van der Waals surface area contributed by atoms with Gasteiger partial charge in [-0.3, -0.25) is 4.79 Å². The Labute approximate surface area is 214 Å². The number of ether oxygens (including phenoxy) is 1. The Hall–Kier alpha value is -3.34. The fourth-order valence-electron chi connectivity index (χ4n) is 3.77. The smallest absolute Gasteiger partial charge is 0.247 e. The number of benzene rings is 1. The summed E-state index contributed by atoms with van der Waals surface area (Å²) in [6, 6.07) is 7.71. The van der Waals surface area contributed by atoms with Crippen LogP contribution in [-0.4, -0.2) is 68.2 Å². The number of nitrogens with zero attached hydrogens (tertiary/aromatic N) is 5. The second-order valence-corrected chi connectivity index (χ2v) is 9.39. The minimum Gasteiger partial charge on any atom is -0.494 e. The molecule has 0 spiro atoms. The van der Waals surface area contributed by atoms with Gasteiger partial charge in [-0.05, 0) is 36.7 Å². The Kier molecular flexibility index (Phi) is 7.74. The number of hydrogen-bond donors (Lipinski definition) is 2. The maximum atomic E-state index is 12.2. The predicted octanol–water partition coefficient (Wildman–Crippen LogP) is 4.59. The normalized spacial score (nSPS) is 13.9. The van der Waals surface area contributed by atoms with Gasteiger partial charge >= 0.3 is 0 Å². The number of rotatable bonds is 8. The molecule has 0 atom stereocenters. The Bertz CT molecular complexity index is 1200. The summed E-state index contributed by atoms with van der Waals surface area (Å²) in [7, 11) is 5.61. The maximum absolute atomic E-state index is 12.2. The third-order valence-corrected chi connectivity index (χ3v) is 6.94. The molecular weight excluding hydrogens is 486 g/mol. The molecule has 0 bridgehead atoms. The molecule has 3 aromatic rings. The van der Waals surface area contributed by atoms with Crippen LogP contribution in [-0.2, 0) is 4.79 Å². The lowest BCUT2D eigenvalue weighted by Gasteiger charge is -2.35. The van der Waals surface area contributed by atoms with Gasteiger partial charge in [-0.15, -0.1) is 11.3 Å². The van der Waals surface area contributed by atoms with Crippen LogP contribution in [0.2, 0.25) is 5.02 Å².